The van der Waals surface area contributed by atoms with E-state index in [0.29, 0.717) is 17.5 Å². The molecule has 88 valence electrons. The van der Waals surface area contributed by atoms with Crippen LogP contribution in [0, 0.1) is 0 Å². The van der Waals surface area contributed by atoms with E-state index in [9.17, 15) is 0 Å². The molecular weight excluding hydrogens is 240 g/mol. The van der Waals surface area contributed by atoms with Crippen LogP contribution in [0.15, 0.2) is 28.8 Å². The maximum absolute atomic E-state index is 5.82. The van der Waals surface area contributed by atoms with Gasteiger partial charge in [0, 0.05) is 23.1 Å². The van der Waals surface area contributed by atoms with Crippen molar-refractivity contribution in [3.05, 3.63) is 35.1 Å². The number of ether oxygens (including phenoxy) is 1. The molecule has 1 atom stereocenters. The van der Waals surface area contributed by atoms with Gasteiger partial charge in [-0.25, -0.2) is 0 Å². The fourth-order valence-corrected chi connectivity index (χ4v) is 1.97. The Kier molecular flexibility index (Phi) is 2.82. The van der Waals surface area contributed by atoms with Crippen LogP contribution in [0.25, 0.3) is 11.5 Å². The second kappa shape index (κ2) is 4.47. The molecule has 2 heterocycles. The minimum atomic E-state index is 0.264. The van der Waals surface area contributed by atoms with E-state index in [2.05, 4.69) is 10.1 Å². The molecule has 0 unspecified atom stereocenters. The van der Waals surface area contributed by atoms with E-state index in [1.807, 2.05) is 12.1 Å². The summed E-state index contributed by atoms with van der Waals surface area (Å²) in [4.78, 5) is 4.39. The molecule has 2 aromatic rings. The Bertz CT molecular complexity index is 503. The molecule has 1 aliphatic rings. The first-order chi connectivity index (χ1) is 8.33. The molecule has 1 aliphatic heterocycles. The van der Waals surface area contributed by atoms with Crippen LogP contribution in [-0.4, -0.2) is 23.4 Å². The van der Waals surface area contributed by atoms with E-state index < -0.39 is 0 Å². The van der Waals surface area contributed by atoms with Crippen LogP contribution in [0.3, 0.4) is 0 Å². The van der Waals surface area contributed by atoms with Gasteiger partial charge in [-0.1, -0.05) is 16.8 Å². The third kappa shape index (κ3) is 2.18. The molecular formula is C12H11ClN2O2. The van der Waals surface area contributed by atoms with Crippen molar-refractivity contribution in [3.8, 4) is 11.5 Å². The SMILES string of the molecule is Clc1ccc(-c2nc([C@@H]3CCOC3)no2)cc1. The van der Waals surface area contributed by atoms with Gasteiger partial charge in [0.05, 0.1) is 6.61 Å². The summed E-state index contributed by atoms with van der Waals surface area (Å²) in [6.07, 6.45) is 0.958. The summed E-state index contributed by atoms with van der Waals surface area (Å²) in [7, 11) is 0. The minimum absolute atomic E-state index is 0.264. The average molecular weight is 251 g/mol. The molecule has 17 heavy (non-hydrogen) atoms. The van der Waals surface area contributed by atoms with Gasteiger partial charge in [0.1, 0.15) is 0 Å². The molecule has 1 saturated heterocycles. The van der Waals surface area contributed by atoms with Gasteiger partial charge in [0.2, 0.25) is 0 Å². The summed E-state index contributed by atoms with van der Waals surface area (Å²) < 4.78 is 10.5. The van der Waals surface area contributed by atoms with Gasteiger partial charge in [-0.3, -0.25) is 0 Å². The van der Waals surface area contributed by atoms with Gasteiger partial charge in [0.25, 0.3) is 5.89 Å². The van der Waals surface area contributed by atoms with Crippen LogP contribution in [0.1, 0.15) is 18.2 Å². The zero-order valence-electron chi connectivity index (χ0n) is 9.10. The van der Waals surface area contributed by atoms with E-state index in [4.69, 9.17) is 20.9 Å². The molecule has 0 amide bonds. The van der Waals surface area contributed by atoms with E-state index in [1.165, 1.54) is 0 Å². The molecule has 0 spiro atoms. The van der Waals surface area contributed by atoms with Crippen molar-refractivity contribution in [2.75, 3.05) is 13.2 Å². The number of nitrogens with zero attached hydrogens (tertiary/aromatic N) is 2. The highest BCUT2D eigenvalue weighted by Gasteiger charge is 2.23. The summed E-state index contributed by atoms with van der Waals surface area (Å²) in [6.45, 7) is 1.45. The van der Waals surface area contributed by atoms with E-state index in [1.54, 1.807) is 12.1 Å². The van der Waals surface area contributed by atoms with Crippen LogP contribution < -0.4 is 0 Å². The van der Waals surface area contributed by atoms with Gasteiger partial charge in [-0.2, -0.15) is 4.98 Å². The zero-order chi connectivity index (χ0) is 11.7. The molecule has 1 fully saturated rings. The predicted molar refractivity (Wildman–Crippen MR) is 62.9 cm³/mol. The van der Waals surface area contributed by atoms with Crippen molar-refractivity contribution in [1.82, 2.24) is 10.1 Å². The lowest BCUT2D eigenvalue weighted by atomic mass is 10.1. The summed E-state index contributed by atoms with van der Waals surface area (Å²) in [6, 6.07) is 7.34. The molecule has 1 aromatic heterocycles. The van der Waals surface area contributed by atoms with Crippen LogP contribution in [0.2, 0.25) is 5.02 Å². The molecule has 0 bridgehead atoms. The van der Waals surface area contributed by atoms with E-state index in [-0.39, 0.29) is 5.92 Å². The number of hydrogen-bond donors (Lipinski definition) is 0. The summed E-state index contributed by atoms with van der Waals surface area (Å²) >= 11 is 5.82. The van der Waals surface area contributed by atoms with Gasteiger partial charge >= 0.3 is 0 Å². The van der Waals surface area contributed by atoms with Gasteiger partial charge in [-0.15, -0.1) is 0 Å². The highest BCUT2D eigenvalue weighted by molar-refractivity contribution is 6.30. The third-order valence-corrected chi connectivity index (χ3v) is 3.08. The molecule has 0 N–H and O–H groups in total. The fraction of sp³-hybridized carbons (Fsp3) is 0.333. The standard InChI is InChI=1S/C12H11ClN2O2/c13-10-3-1-8(2-4-10)12-14-11(15-17-12)9-5-6-16-7-9/h1-4,9H,5-7H2/t9-/m1/s1. The topological polar surface area (TPSA) is 48.2 Å². The number of aromatic nitrogens is 2. The Hall–Kier alpha value is -1.39. The van der Waals surface area contributed by atoms with Crippen molar-refractivity contribution >= 4 is 11.6 Å². The Labute approximate surface area is 104 Å². The van der Waals surface area contributed by atoms with E-state index in [0.717, 1.165) is 24.4 Å². The number of rotatable bonds is 2. The predicted octanol–water partition coefficient (Wildman–Crippen LogP) is 2.89. The summed E-state index contributed by atoms with van der Waals surface area (Å²) in [5.74, 6) is 1.52. The normalized spacial score (nSPS) is 19.7. The molecule has 0 radical (unpaired) electrons. The molecule has 0 saturated carbocycles. The second-order valence-electron chi connectivity index (χ2n) is 4.03. The van der Waals surface area contributed by atoms with Crippen LogP contribution in [0.4, 0.5) is 0 Å². The van der Waals surface area contributed by atoms with Crippen molar-refractivity contribution in [3.63, 3.8) is 0 Å². The first-order valence-corrected chi connectivity index (χ1v) is 5.88. The van der Waals surface area contributed by atoms with Crippen molar-refractivity contribution in [1.29, 1.82) is 0 Å². The second-order valence-corrected chi connectivity index (χ2v) is 4.46. The maximum Gasteiger partial charge on any atom is 0.257 e. The van der Waals surface area contributed by atoms with Crippen molar-refractivity contribution in [2.24, 2.45) is 0 Å². The first-order valence-electron chi connectivity index (χ1n) is 5.50. The van der Waals surface area contributed by atoms with Crippen molar-refractivity contribution < 1.29 is 9.26 Å². The lowest BCUT2D eigenvalue weighted by Crippen LogP contribution is -1.99. The van der Waals surface area contributed by atoms with Crippen LogP contribution in [-0.2, 0) is 4.74 Å². The maximum atomic E-state index is 5.82. The van der Waals surface area contributed by atoms with Crippen molar-refractivity contribution in [2.45, 2.75) is 12.3 Å². The molecule has 5 heteroatoms. The molecule has 3 rings (SSSR count). The Morgan fingerprint density at radius 3 is 2.76 bits per heavy atom. The third-order valence-electron chi connectivity index (χ3n) is 2.83. The molecule has 1 aromatic carbocycles. The number of halogens is 1. The number of hydrogen-bond acceptors (Lipinski definition) is 4. The number of benzene rings is 1. The molecule has 4 nitrogen and oxygen atoms in total. The van der Waals surface area contributed by atoms with Gasteiger partial charge in [-0.05, 0) is 30.7 Å². The van der Waals surface area contributed by atoms with Crippen LogP contribution in [0.5, 0.6) is 0 Å². The summed E-state index contributed by atoms with van der Waals surface area (Å²) in [5, 5.41) is 4.69. The minimum Gasteiger partial charge on any atom is -0.381 e. The first kappa shape index (κ1) is 10.7. The zero-order valence-corrected chi connectivity index (χ0v) is 9.85. The fourth-order valence-electron chi connectivity index (χ4n) is 1.85. The lowest BCUT2D eigenvalue weighted by molar-refractivity contribution is 0.192. The van der Waals surface area contributed by atoms with Crippen LogP contribution >= 0.6 is 11.6 Å². The highest BCUT2D eigenvalue weighted by Crippen LogP contribution is 2.26. The Balaban J connectivity index is 1.86. The van der Waals surface area contributed by atoms with Gasteiger partial charge in [0.15, 0.2) is 5.82 Å². The summed E-state index contributed by atoms with van der Waals surface area (Å²) in [5.41, 5.74) is 0.882. The Morgan fingerprint density at radius 2 is 2.06 bits per heavy atom. The smallest absolute Gasteiger partial charge is 0.257 e. The lowest BCUT2D eigenvalue weighted by Gasteiger charge is -1.97. The quantitative estimate of drug-likeness (QED) is 0.822. The average Bonchev–Trinajstić information content (AvgIpc) is 3.00. The van der Waals surface area contributed by atoms with Gasteiger partial charge < -0.3 is 9.26 Å². The highest BCUT2D eigenvalue weighted by atomic mass is 35.5. The van der Waals surface area contributed by atoms with E-state index >= 15 is 0 Å². The molecule has 0 aliphatic carbocycles. The Morgan fingerprint density at radius 1 is 1.24 bits per heavy atom. The monoisotopic (exact) mass is 250 g/mol. The largest absolute Gasteiger partial charge is 0.381 e.